The third kappa shape index (κ3) is 5.93. The highest BCUT2D eigenvalue weighted by Crippen LogP contribution is 2.26. The smallest absolute Gasteiger partial charge is 0.264 e. The van der Waals surface area contributed by atoms with E-state index < -0.39 is 22.5 Å². The summed E-state index contributed by atoms with van der Waals surface area (Å²) in [5.41, 5.74) is 7.77. The number of nitrogens with one attached hydrogen (secondary N) is 1. The van der Waals surface area contributed by atoms with Gasteiger partial charge in [-0.25, -0.2) is 13.8 Å². The Morgan fingerprint density at radius 3 is 2.35 bits per heavy atom. The van der Waals surface area contributed by atoms with Crippen LogP contribution < -0.4 is 9.73 Å². The Balaban J connectivity index is 1.54. The minimum absolute atomic E-state index is 0.0647. The fourth-order valence-electron chi connectivity index (χ4n) is 4.02. The normalized spacial score (nSPS) is 11.6. The SMILES string of the molecule is Cc1ccc(-n2c(C)cc(/C=N\NC(=O)CN(c3cccc(Cl)c3)S(=O)(=O)c3ccccc3)c2C)cc1. The van der Waals surface area contributed by atoms with Gasteiger partial charge >= 0.3 is 0 Å². The standard InChI is InChI=1S/C28H27ClN4O3S/c1-20-12-14-25(15-13-20)33-21(2)16-23(22(33)3)18-30-31-28(34)19-32(26-9-7-8-24(29)17-26)37(35,36)27-10-5-4-6-11-27/h4-18H,19H2,1-3H3,(H,31,34)/b30-18-. The summed E-state index contributed by atoms with van der Waals surface area (Å²) in [6.07, 6.45) is 1.56. The second-order valence-electron chi connectivity index (χ2n) is 8.60. The fraction of sp³-hybridized carbons (Fsp3) is 0.143. The molecule has 0 spiro atoms. The zero-order valence-corrected chi connectivity index (χ0v) is 22.3. The van der Waals surface area contributed by atoms with Crippen LogP contribution in [0.3, 0.4) is 0 Å². The molecule has 4 aromatic rings. The molecule has 1 amide bonds. The number of carbonyl (C=O) groups excluding carboxylic acids is 1. The van der Waals surface area contributed by atoms with Crippen LogP contribution in [-0.2, 0) is 14.8 Å². The van der Waals surface area contributed by atoms with Crippen LogP contribution in [0.15, 0.2) is 94.9 Å². The lowest BCUT2D eigenvalue weighted by molar-refractivity contribution is -0.119. The van der Waals surface area contributed by atoms with E-state index in [-0.39, 0.29) is 10.6 Å². The maximum atomic E-state index is 13.4. The first-order valence-corrected chi connectivity index (χ1v) is 13.4. The Hall–Kier alpha value is -3.88. The number of aryl methyl sites for hydroxylation is 2. The summed E-state index contributed by atoms with van der Waals surface area (Å²) < 4.78 is 29.9. The molecule has 0 aliphatic carbocycles. The van der Waals surface area contributed by atoms with E-state index in [0.717, 1.165) is 26.9 Å². The Kier molecular flexibility index (Phi) is 7.80. The van der Waals surface area contributed by atoms with Crippen LogP contribution in [0.2, 0.25) is 5.02 Å². The highest BCUT2D eigenvalue weighted by atomic mass is 35.5. The van der Waals surface area contributed by atoms with Crippen molar-refractivity contribution in [1.82, 2.24) is 9.99 Å². The molecule has 1 aromatic heterocycles. The van der Waals surface area contributed by atoms with Crippen molar-refractivity contribution in [3.05, 3.63) is 112 Å². The van der Waals surface area contributed by atoms with Crippen molar-refractivity contribution < 1.29 is 13.2 Å². The third-order valence-electron chi connectivity index (χ3n) is 5.87. The van der Waals surface area contributed by atoms with Gasteiger partial charge in [-0.05, 0) is 69.3 Å². The van der Waals surface area contributed by atoms with Gasteiger partial charge in [-0.2, -0.15) is 5.10 Å². The van der Waals surface area contributed by atoms with Crippen molar-refractivity contribution in [1.29, 1.82) is 0 Å². The van der Waals surface area contributed by atoms with Crippen molar-refractivity contribution in [3.63, 3.8) is 0 Å². The molecule has 3 aromatic carbocycles. The Morgan fingerprint density at radius 2 is 1.68 bits per heavy atom. The molecule has 4 rings (SSSR count). The molecule has 1 heterocycles. The molecule has 0 radical (unpaired) electrons. The number of rotatable bonds is 8. The van der Waals surface area contributed by atoms with Gasteiger partial charge in [0.25, 0.3) is 15.9 Å². The van der Waals surface area contributed by atoms with Gasteiger partial charge in [-0.1, -0.05) is 53.6 Å². The second-order valence-corrected chi connectivity index (χ2v) is 10.9. The number of carbonyl (C=O) groups is 1. The predicted octanol–water partition coefficient (Wildman–Crippen LogP) is 5.40. The van der Waals surface area contributed by atoms with Crippen molar-refractivity contribution >= 4 is 39.4 Å². The summed E-state index contributed by atoms with van der Waals surface area (Å²) in [4.78, 5) is 12.9. The minimum Gasteiger partial charge on any atom is -0.318 e. The van der Waals surface area contributed by atoms with Gasteiger partial charge in [0.05, 0.1) is 16.8 Å². The van der Waals surface area contributed by atoms with E-state index in [1.807, 2.05) is 26.8 Å². The zero-order chi connectivity index (χ0) is 26.6. The van der Waals surface area contributed by atoms with Gasteiger partial charge in [0, 0.05) is 27.7 Å². The van der Waals surface area contributed by atoms with Crippen molar-refractivity contribution in [3.8, 4) is 5.69 Å². The molecule has 0 aliphatic rings. The summed E-state index contributed by atoms with van der Waals surface area (Å²) in [6.45, 7) is 5.54. The van der Waals surface area contributed by atoms with Gasteiger partial charge < -0.3 is 4.57 Å². The van der Waals surface area contributed by atoms with E-state index >= 15 is 0 Å². The Labute approximate surface area is 222 Å². The first kappa shape index (κ1) is 26.2. The molecule has 1 N–H and O–H groups in total. The molecule has 190 valence electrons. The van der Waals surface area contributed by atoms with Crippen LogP contribution in [0, 0.1) is 20.8 Å². The van der Waals surface area contributed by atoms with Crippen LogP contribution in [-0.4, -0.2) is 31.7 Å². The lowest BCUT2D eigenvalue weighted by Crippen LogP contribution is -2.39. The van der Waals surface area contributed by atoms with Crippen LogP contribution in [0.25, 0.3) is 5.69 Å². The molecule has 0 saturated carbocycles. The van der Waals surface area contributed by atoms with Crippen LogP contribution in [0.4, 0.5) is 5.69 Å². The number of benzene rings is 3. The van der Waals surface area contributed by atoms with Gasteiger partial charge in [0.2, 0.25) is 0 Å². The molecule has 0 saturated heterocycles. The molecule has 7 nitrogen and oxygen atoms in total. The first-order chi connectivity index (χ1) is 17.7. The van der Waals surface area contributed by atoms with E-state index in [9.17, 15) is 13.2 Å². The maximum absolute atomic E-state index is 13.4. The van der Waals surface area contributed by atoms with E-state index in [1.165, 1.54) is 23.8 Å². The van der Waals surface area contributed by atoms with E-state index in [2.05, 4.69) is 39.4 Å². The van der Waals surface area contributed by atoms with Crippen molar-refractivity contribution in [2.24, 2.45) is 5.10 Å². The van der Waals surface area contributed by atoms with Crippen LogP contribution in [0.5, 0.6) is 0 Å². The number of hydrogen-bond donors (Lipinski definition) is 1. The van der Waals surface area contributed by atoms with E-state index in [1.54, 1.807) is 42.6 Å². The highest BCUT2D eigenvalue weighted by molar-refractivity contribution is 7.92. The van der Waals surface area contributed by atoms with Crippen molar-refractivity contribution in [2.45, 2.75) is 25.7 Å². The van der Waals surface area contributed by atoms with Crippen molar-refractivity contribution in [2.75, 3.05) is 10.8 Å². The molecule has 0 atom stereocenters. The average molecular weight is 535 g/mol. The minimum atomic E-state index is -4.03. The molecule has 0 unspecified atom stereocenters. The number of sulfonamides is 1. The van der Waals surface area contributed by atoms with Gasteiger partial charge in [0.1, 0.15) is 6.54 Å². The second kappa shape index (κ2) is 11.0. The number of amides is 1. The van der Waals surface area contributed by atoms with Crippen LogP contribution in [0.1, 0.15) is 22.5 Å². The summed E-state index contributed by atoms with van der Waals surface area (Å²) in [5.74, 6) is -0.594. The summed E-state index contributed by atoms with van der Waals surface area (Å²) in [7, 11) is -4.03. The molecule has 9 heteroatoms. The van der Waals surface area contributed by atoms with E-state index in [4.69, 9.17) is 11.6 Å². The van der Waals surface area contributed by atoms with Gasteiger partial charge in [-0.15, -0.1) is 0 Å². The third-order valence-corrected chi connectivity index (χ3v) is 7.89. The largest absolute Gasteiger partial charge is 0.318 e. The lowest BCUT2D eigenvalue weighted by Gasteiger charge is -2.23. The monoisotopic (exact) mass is 534 g/mol. The summed E-state index contributed by atoms with van der Waals surface area (Å²) >= 11 is 6.11. The molecule has 0 fully saturated rings. The van der Waals surface area contributed by atoms with E-state index in [0.29, 0.717) is 5.02 Å². The van der Waals surface area contributed by atoms with Gasteiger partial charge in [-0.3, -0.25) is 9.10 Å². The number of anilines is 1. The maximum Gasteiger partial charge on any atom is 0.264 e. The molecular weight excluding hydrogens is 508 g/mol. The molecular formula is C28H27ClN4O3S. The predicted molar refractivity (Wildman–Crippen MR) is 148 cm³/mol. The lowest BCUT2D eigenvalue weighted by atomic mass is 10.2. The number of hydrazone groups is 1. The summed E-state index contributed by atoms with van der Waals surface area (Å²) in [6, 6.07) is 24.5. The molecule has 0 bridgehead atoms. The fourth-order valence-corrected chi connectivity index (χ4v) is 5.63. The quantitative estimate of drug-likeness (QED) is 0.242. The molecule has 37 heavy (non-hydrogen) atoms. The number of nitrogens with zero attached hydrogens (tertiary/aromatic N) is 3. The van der Waals surface area contributed by atoms with Gasteiger partial charge in [0.15, 0.2) is 0 Å². The number of hydrogen-bond acceptors (Lipinski definition) is 4. The summed E-state index contributed by atoms with van der Waals surface area (Å²) in [5, 5.41) is 4.45. The molecule has 0 aliphatic heterocycles. The average Bonchev–Trinajstić information content (AvgIpc) is 3.16. The topological polar surface area (TPSA) is 83.8 Å². The first-order valence-electron chi connectivity index (χ1n) is 11.6. The van der Waals surface area contributed by atoms with Crippen LogP contribution >= 0.6 is 11.6 Å². The highest BCUT2D eigenvalue weighted by Gasteiger charge is 2.27. The number of aromatic nitrogens is 1. The zero-order valence-electron chi connectivity index (χ0n) is 20.7. The Bertz CT molecular complexity index is 1550. The number of halogens is 1. The Morgan fingerprint density at radius 1 is 0.973 bits per heavy atom.